The number of hydrogen-bond acceptors (Lipinski definition) is 3. The van der Waals surface area contributed by atoms with Crippen LogP contribution in [0.2, 0.25) is 0 Å². The van der Waals surface area contributed by atoms with Gasteiger partial charge in [-0.25, -0.2) is 0 Å². The fraction of sp³-hybridized carbons (Fsp3) is 0.667. The first-order valence-corrected chi connectivity index (χ1v) is 8.46. The largest absolute Gasteiger partial charge is 0.492 e. The second kappa shape index (κ2) is 5.98. The molecule has 1 saturated carbocycles. The van der Waals surface area contributed by atoms with Gasteiger partial charge in [0.05, 0.1) is 6.04 Å². The lowest BCUT2D eigenvalue weighted by atomic mass is 9.92. The average Bonchev–Trinajstić information content (AvgIpc) is 3.24. The minimum Gasteiger partial charge on any atom is -0.492 e. The van der Waals surface area contributed by atoms with Gasteiger partial charge < -0.3 is 9.47 Å². The molecule has 2 unspecified atom stereocenters. The standard InChI is InChI=1S/C18H25NO2/c1-3-15(14-7-9-20-10-8-14)11-18(6-1)21-13-17-12-19(17)16-4-2-5-16/h1,3,6,11,14,16-17H,2,4-5,7-10,12-13H2. The van der Waals surface area contributed by atoms with Gasteiger partial charge in [-0.3, -0.25) is 4.90 Å². The molecule has 0 N–H and O–H groups in total. The van der Waals surface area contributed by atoms with Crippen LogP contribution in [-0.4, -0.2) is 43.3 Å². The molecule has 0 spiro atoms. The third-order valence-corrected chi connectivity index (χ3v) is 5.29. The minimum absolute atomic E-state index is 0.648. The smallest absolute Gasteiger partial charge is 0.119 e. The Balaban J connectivity index is 1.31. The summed E-state index contributed by atoms with van der Waals surface area (Å²) in [5.74, 6) is 1.69. The van der Waals surface area contributed by atoms with Crippen LogP contribution in [0.25, 0.3) is 0 Å². The quantitative estimate of drug-likeness (QED) is 0.776. The van der Waals surface area contributed by atoms with Crippen molar-refractivity contribution in [3.8, 4) is 5.75 Å². The molecule has 2 atom stereocenters. The van der Waals surface area contributed by atoms with E-state index in [1.165, 1.54) is 31.4 Å². The second-order valence-electron chi connectivity index (χ2n) is 6.71. The van der Waals surface area contributed by atoms with Gasteiger partial charge in [0.15, 0.2) is 0 Å². The zero-order chi connectivity index (χ0) is 14.1. The van der Waals surface area contributed by atoms with Crippen LogP contribution in [0, 0.1) is 0 Å². The molecule has 2 saturated heterocycles. The Morgan fingerprint density at radius 3 is 2.76 bits per heavy atom. The van der Waals surface area contributed by atoms with E-state index >= 15 is 0 Å². The Labute approximate surface area is 127 Å². The fourth-order valence-corrected chi connectivity index (χ4v) is 3.59. The number of rotatable bonds is 5. The van der Waals surface area contributed by atoms with Crippen molar-refractivity contribution in [2.75, 3.05) is 26.4 Å². The van der Waals surface area contributed by atoms with E-state index in [1.807, 2.05) is 0 Å². The molecule has 114 valence electrons. The van der Waals surface area contributed by atoms with Crippen molar-refractivity contribution in [2.45, 2.75) is 50.1 Å². The molecule has 4 rings (SSSR count). The van der Waals surface area contributed by atoms with E-state index in [9.17, 15) is 0 Å². The van der Waals surface area contributed by atoms with Crippen molar-refractivity contribution in [3.63, 3.8) is 0 Å². The first-order chi connectivity index (χ1) is 10.4. The number of nitrogens with zero attached hydrogens (tertiary/aromatic N) is 1. The highest BCUT2D eigenvalue weighted by Gasteiger charge is 2.42. The zero-order valence-corrected chi connectivity index (χ0v) is 12.7. The van der Waals surface area contributed by atoms with Crippen LogP contribution in [0.1, 0.15) is 43.6 Å². The van der Waals surface area contributed by atoms with E-state index < -0.39 is 0 Å². The number of hydrogen-bond donors (Lipinski definition) is 0. The van der Waals surface area contributed by atoms with Gasteiger partial charge in [0, 0.05) is 25.8 Å². The predicted molar refractivity (Wildman–Crippen MR) is 82.9 cm³/mol. The highest BCUT2D eigenvalue weighted by Crippen LogP contribution is 2.34. The van der Waals surface area contributed by atoms with Crippen LogP contribution in [0.4, 0.5) is 0 Å². The Morgan fingerprint density at radius 2 is 2.00 bits per heavy atom. The highest BCUT2D eigenvalue weighted by atomic mass is 16.5. The van der Waals surface area contributed by atoms with Crippen molar-refractivity contribution in [3.05, 3.63) is 29.8 Å². The second-order valence-corrected chi connectivity index (χ2v) is 6.71. The molecular formula is C18H25NO2. The summed E-state index contributed by atoms with van der Waals surface area (Å²) in [7, 11) is 0. The molecule has 3 nitrogen and oxygen atoms in total. The van der Waals surface area contributed by atoms with Crippen molar-refractivity contribution >= 4 is 0 Å². The summed E-state index contributed by atoms with van der Waals surface area (Å²) in [5.41, 5.74) is 1.42. The molecule has 0 aromatic heterocycles. The lowest BCUT2D eigenvalue weighted by Gasteiger charge is -2.27. The number of ether oxygens (including phenoxy) is 2. The summed E-state index contributed by atoms with van der Waals surface area (Å²) in [4.78, 5) is 2.60. The summed E-state index contributed by atoms with van der Waals surface area (Å²) in [6, 6.07) is 10.2. The molecule has 0 amide bonds. The lowest BCUT2D eigenvalue weighted by molar-refractivity contribution is 0.0852. The zero-order valence-electron chi connectivity index (χ0n) is 12.7. The molecule has 3 fully saturated rings. The maximum Gasteiger partial charge on any atom is 0.119 e. The molecule has 2 aliphatic heterocycles. The topological polar surface area (TPSA) is 21.5 Å². The van der Waals surface area contributed by atoms with E-state index in [-0.39, 0.29) is 0 Å². The monoisotopic (exact) mass is 287 g/mol. The normalized spacial score (nSPS) is 29.9. The van der Waals surface area contributed by atoms with Crippen LogP contribution in [0.5, 0.6) is 5.75 Å². The molecule has 1 aromatic carbocycles. The SMILES string of the molecule is c1cc(OCC2CN2C2CCC2)cc(C2CCOCC2)c1. The molecular weight excluding hydrogens is 262 g/mol. The Bertz CT molecular complexity index is 480. The summed E-state index contributed by atoms with van der Waals surface area (Å²) in [6.07, 6.45) is 6.50. The Kier molecular flexibility index (Phi) is 3.87. The molecule has 1 aromatic rings. The van der Waals surface area contributed by atoms with Crippen LogP contribution in [0.3, 0.4) is 0 Å². The fourth-order valence-electron chi connectivity index (χ4n) is 3.59. The third-order valence-electron chi connectivity index (χ3n) is 5.29. The minimum atomic E-state index is 0.648. The molecule has 0 bridgehead atoms. The van der Waals surface area contributed by atoms with Gasteiger partial charge in [-0.2, -0.15) is 0 Å². The molecule has 3 heteroatoms. The summed E-state index contributed by atoms with van der Waals surface area (Å²) in [6.45, 7) is 3.89. The first kappa shape index (κ1) is 13.6. The molecule has 3 aliphatic rings. The predicted octanol–water partition coefficient (Wildman–Crippen LogP) is 3.20. The van der Waals surface area contributed by atoms with Gasteiger partial charge in [-0.15, -0.1) is 0 Å². The van der Waals surface area contributed by atoms with Gasteiger partial charge >= 0.3 is 0 Å². The van der Waals surface area contributed by atoms with Crippen molar-refractivity contribution < 1.29 is 9.47 Å². The number of benzene rings is 1. The van der Waals surface area contributed by atoms with E-state index in [0.29, 0.717) is 12.0 Å². The van der Waals surface area contributed by atoms with Crippen LogP contribution in [-0.2, 0) is 4.74 Å². The summed E-state index contributed by atoms with van der Waals surface area (Å²) >= 11 is 0. The van der Waals surface area contributed by atoms with Crippen molar-refractivity contribution in [1.29, 1.82) is 0 Å². The van der Waals surface area contributed by atoms with Crippen molar-refractivity contribution in [2.24, 2.45) is 0 Å². The lowest BCUT2D eigenvalue weighted by Crippen LogP contribution is -2.29. The average molecular weight is 287 g/mol. The molecule has 1 aliphatic carbocycles. The van der Waals surface area contributed by atoms with E-state index in [2.05, 4.69) is 29.2 Å². The van der Waals surface area contributed by atoms with Crippen LogP contribution >= 0.6 is 0 Å². The summed E-state index contributed by atoms with van der Waals surface area (Å²) in [5, 5.41) is 0. The highest BCUT2D eigenvalue weighted by molar-refractivity contribution is 5.31. The van der Waals surface area contributed by atoms with Gasteiger partial charge in [0.2, 0.25) is 0 Å². The molecule has 21 heavy (non-hydrogen) atoms. The van der Waals surface area contributed by atoms with Crippen LogP contribution in [0.15, 0.2) is 24.3 Å². The van der Waals surface area contributed by atoms with E-state index in [4.69, 9.17) is 9.47 Å². The van der Waals surface area contributed by atoms with Gasteiger partial charge in [0.1, 0.15) is 12.4 Å². The molecule has 0 radical (unpaired) electrons. The Hall–Kier alpha value is -1.06. The van der Waals surface area contributed by atoms with Gasteiger partial charge in [-0.1, -0.05) is 18.6 Å². The van der Waals surface area contributed by atoms with E-state index in [0.717, 1.165) is 44.5 Å². The first-order valence-electron chi connectivity index (χ1n) is 8.46. The van der Waals surface area contributed by atoms with Gasteiger partial charge in [-0.05, 0) is 49.3 Å². The van der Waals surface area contributed by atoms with E-state index in [1.54, 1.807) is 0 Å². The third kappa shape index (κ3) is 3.09. The van der Waals surface area contributed by atoms with Crippen molar-refractivity contribution in [1.82, 2.24) is 4.90 Å². The van der Waals surface area contributed by atoms with Gasteiger partial charge in [0.25, 0.3) is 0 Å². The maximum absolute atomic E-state index is 6.04. The van der Waals surface area contributed by atoms with Crippen LogP contribution < -0.4 is 4.74 Å². The molecule has 2 heterocycles. The Morgan fingerprint density at radius 1 is 1.14 bits per heavy atom. The maximum atomic E-state index is 6.04. The summed E-state index contributed by atoms with van der Waals surface area (Å²) < 4.78 is 11.5.